The van der Waals surface area contributed by atoms with Crippen molar-refractivity contribution in [3.8, 4) is 0 Å². The van der Waals surface area contributed by atoms with Gasteiger partial charge >= 0.3 is 0 Å². The molecule has 1 amide bonds. The van der Waals surface area contributed by atoms with Crippen molar-refractivity contribution < 1.29 is 4.79 Å². The SMILES string of the molecule is CCC1(CC)CCN(C(=O)c2cc(Br)cnc2Cl)C1. The Kier molecular flexibility index (Phi) is 4.51. The first-order chi connectivity index (χ1) is 9.01. The van der Waals surface area contributed by atoms with Crippen LogP contribution in [0, 0.1) is 5.41 Å². The molecule has 0 aromatic carbocycles. The number of hydrogen-bond acceptors (Lipinski definition) is 2. The number of likely N-dealkylation sites (tertiary alicyclic amines) is 1. The molecule has 0 atom stereocenters. The summed E-state index contributed by atoms with van der Waals surface area (Å²) in [6.07, 6.45) is 4.89. The quantitative estimate of drug-likeness (QED) is 0.771. The number of hydrogen-bond donors (Lipinski definition) is 0. The van der Waals surface area contributed by atoms with Gasteiger partial charge in [0.05, 0.1) is 5.56 Å². The zero-order valence-electron chi connectivity index (χ0n) is 11.2. The number of amides is 1. The molecule has 1 saturated heterocycles. The number of pyridine rings is 1. The van der Waals surface area contributed by atoms with Crippen molar-refractivity contribution in [3.05, 3.63) is 27.5 Å². The maximum atomic E-state index is 12.5. The molecule has 1 aromatic heterocycles. The van der Waals surface area contributed by atoms with E-state index in [0.29, 0.717) is 5.56 Å². The standard InChI is InChI=1S/C14H18BrClN2O/c1-3-14(4-2)5-6-18(9-14)13(19)11-7-10(15)8-17-12(11)16/h7-8H,3-6,9H2,1-2H3. The van der Waals surface area contributed by atoms with Gasteiger partial charge in [-0.15, -0.1) is 0 Å². The topological polar surface area (TPSA) is 33.2 Å². The zero-order valence-corrected chi connectivity index (χ0v) is 13.6. The number of nitrogens with zero attached hydrogens (tertiary/aromatic N) is 2. The van der Waals surface area contributed by atoms with Gasteiger partial charge in [0.1, 0.15) is 5.15 Å². The first kappa shape index (κ1) is 14.8. The summed E-state index contributed by atoms with van der Waals surface area (Å²) in [5.41, 5.74) is 0.765. The lowest BCUT2D eigenvalue weighted by Crippen LogP contribution is -2.32. The Bertz CT molecular complexity index is 488. The molecule has 104 valence electrons. The van der Waals surface area contributed by atoms with Crippen LogP contribution in [0.15, 0.2) is 16.7 Å². The highest BCUT2D eigenvalue weighted by Gasteiger charge is 2.37. The number of carbonyl (C=O) groups is 1. The van der Waals surface area contributed by atoms with Crippen LogP contribution in [0.25, 0.3) is 0 Å². The molecule has 1 aliphatic heterocycles. The fraction of sp³-hybridized carbons (Fsp3) is 0.571. The van der Waals surface area contributed by atoms with Gasteiger partial charge in [-0.1, -0.05) is 25.4 Å². The van der Waals surface area contributed by atoms with Crippen molar-refractivity contribution in [2.75, 3.05) is 13.1 Å². The monoisotopic (exact) mass is 344 g/mol. The van der Waals surface area contributed by atoms with Crippen LogP contribution in [0.2, 0.25) is 5.15 Å². The maximum Gasteiger partial charge on any atom is 0.257 e. The van der Waals surface area contributed by atoms with Crippen LogP contribution >= 0.6 is 27.5 Å². The van der Waals surface area contributed by atoms with Crippen molar-refractivity contribution >= 4 is 33.4 Å². The summed E-state index contributed by atoms with van der Waals surface area (Å²) in [5, 5.41) is 0.277. The van der Waals surface area contributed by atoms with E-state index in [1.54, 1.807) is 12.3 Å². The summed E-state index contributed by atoms with van der Waals surface area (Å²) in [5.74, 6) is -0.0115. The average molecular weight is 346 g/mol. The van der Waals surface area contributed by atoms with Gasteiger partial charge in [-0.2, -0.15) is 0 Å². The number of halogens is 2. The van der Waals surface area contributed by atoms with Crippen LogP contribution in [0.4, 0.5) is 0 Å². The Morgan fingerprint density at radius 2 is 2.21 bits per heavy atom. The number of carbonyl (C=O) groups excluding carboxylic acids is 1. The smallest absolute Gasteiger partial charge is 0.257 e. The lowest BCUT2D eigenvalue weighted by Gasteiger charge is -2.26. The zero-order chi connectivity index (χ0) is 14.0. The van der Waals surface area contributed by atoms with E-state index < -0.39 is 0 Å². The van der Waals surface area contributed by atoms with E-state index in [4.69, 9.17) is 11.6 Å². The van der Waals surface area contributed by atoms with Crippen LogP contribution < -0.4 is 0 Å². The highest BCUT2D eigenvalue weighted by Crippen LogP contribution is 2.37. The average Bonchev–Trinajstić information content (AvgIpc) is 2.86. The van der Waals surface area contributed by atoms with Crippen molar-refractivity contribution in [3.63, 3.8) is 0 Å². The van der Waals surface area contributed by atoms with Crippen LogP contribution in [-0.4, -0.2) is 28.9 Å². The Morgan fingerprint density at radius 1 is 1.53 bits per heavy atom. The normalized spacial score (nSPS) is 17.8. The minimum atomic E-state index is -0.0115. The Hall–Kier alpha value is -0.610. The van der Waals surface area contributed by atoms with Crippen LogP contribution in [0.1, 0.15) is 43.5 Å². The van der Waals surface area contributed by atoms with Gasteiger partial charge < -0.3 is 4.90 Å². The Balaban J connectivity index is 2.20. The molecule has 1 aromatic rings. The second kappa shape index (κ2) is 5.80. The summed E-state index contributed by atoms with van der Waals surface area (Å²) in [6.45, 7) is 6.03. The molecule has 2 heterocycles. The van der Waals surface area contributed by atoms with Crippen molar-refractivity contribution in [1.82, 2.24) is 9.88 Å². The molecule has 5 heteroatoms. The van der Waals surface area contributed by atoms with E-state index in [2.05, 4.69) is 34.8 Å². The van der Waals surface area contributed by atoms with E-state index in [-0.39, 0.29) is 16.5 Å². The molecule has 0 bridgehead atoms. The first-order valence-corrected chi connectivity index (χ1v) is 7.79. The lowest BCUT2D eigenvalue weighted by molar-refractivity contribution is 0.0769. The van der Waals surface area contributed by atoms with Gasteiger partial charge in [-0.25, -0.2) is 4.98 Å². The first-order valence-electron chi connectivity index (χ1n) is 6.61. The molecular formula is C14H18BrClN2O. The molecule has 0 spiro atoms. The summed E-state index contributed by atoms with van der Waals surface area (Å²) in [7, 11) is 0. The minimum absolute atomic E-state index is 0.0115. The molecule has 0 unspecified atom stereocenters. The molecule has 0 aliphatic carbocycles. The van der Waals surface area contributed by atoms with Crippen molar-refractivity contribution in [2.45, 2.75) is 33.1 Å². The van der Waals surface area contributed by atoms with Gasteiger partial charge in [-0.3, -0.25) is 4.79 Å². The molecule has 0 N–H and O–H groups in total. The Labute approximate surface area is 127 Å². The van der Waals surface area contributed by atoms with E-state index in [1.165, 1.54) is 0 Å². The van der Waals surface area contributed by atoms with Gasteiger partial charge in [-0.05, 0) is 46.7 Å². The predicted octanol–water partition coefficient (Wildman–Crippen LogP) is 4.15. The van der Waals surface area contributed by atoms with Gasteiger partial charge in [0, 0.05) is 23.8 Å². The lowest BCUT2D eigenvalue weighted by atomic mass is 9.82. The largest absolute Gasteiger partial charge is 0.338 e. The summed E-state index contributed by atoms with van der Waals surface area (Å²) >= 11 is 9.36. The second-order valence-corrected chi connectivity index (χ2v) is 6.45. The maximum absolute atomic E-state index is 12.5. The van der Waals surface area contributed by atoms with Crippen LogP contribution in [-0.2, 0) is 0 Å². The molecule has 2 rings (SSSR count). The molecule has 19 heavy (non-hydrogen) atoms. The van der Waals surface area contributed by atoms with Crippen LogP contribution in [0.5, 0.6) is 0 Å². The van der Waals surface area contributed by atoms with E-state index in [9.17, 15) is 4.79 Å². The third-order valence-corrected chi connectivity index (χ3v) is 5.00. The van der Waals surface area contributed by atoms with Crippen LogP contribution in [0.3, 0.4) is 0 Å². The van der Waals surface area contributed by atoms with Gasteiger partial charge in [0.25, 0.3) is 5.91 Å². The van der Waals surface area contributed by atoms with E-state index in [0.717, 1.165) is 36.8 Å². The second-order valence-electron chi connectivity index (χ2n) is 5.18. The minimum Gasteiger partial charge on any atom is -0.338 e. The molecule has 0 radical (unpaired) electrons. The highest BCUT2D eigenvalue weighted by atomic mass is 79.9. The third-order valence-electron chi connectivity index (χ3n) is 4.26. The van der Waals surface area contributed by atoms with Crippen molar-refractivity contribution in [1.29, 1.82) is 0 Å². The molecule has 1 fully saturated rings. The predicted molar refractivity (Wildman–Crippen MR) is 80.5 cm³/mol. The molecule has 0 saturated carbocycles. The summed E-state index contributed by atoms with van der Waals surface area (Å²) in [4.78, 5) is 18.4. The Morgan fingerprint density at radius 3 is 2.79 bits per heavy atom. The number of aromatic nitrogens is 1. The number of rotatable bonds is 3. The van der Waals surface area contributed by atoms with E-state index in [1.807, 2.05) is 4.90 Å². The molecule has 3 nitrogen and oxygen atoms in total. The fourth-order valence-corrected chi connectivity index (χ4v) is 3.19. The van der Waals surface area contributed by atoms with E-state index >= 15 is 0 Å². The van der Waals surface area contributed by atoms with Crippen molar-refractivity contribution in [2.24, 2.45) is 5.41 Å². The fourth-order valence-electron chi connectivity index (χ4n) is 2.68. The van der Waals surface area contributed by atoms with Gasteiger partial charge in [0.15, 0.2) is 0 Å². The third kappa shape index (κ3) is 2.95. The molecule has 1 aliphatic rings. The highest BCUT2D eigenvalue weighted by molar-refractivity contribution is 9.10. The summed E-state index contributed by atoms with van der Waals surface area (Å²) in [6, 6.07) is 1.75. The molecular weight excluding hydrogens is 328 g/mol. The van der Waals surface area contributed by atoms with Gasteiger partial charge in [0.2, 0.25) is 0 Å². The summed E-state index contributed by atoms with van der Waals surface area (Å²) < 4.78 is 0.775.